The van der Waals surface area contributed by atoms with Gasteiger partial charge in [-0.25, -0.2) is 9.89 Å². The third-order valence-electron chi connectivity index (χ3n) is 2.80. The third-order valence-corrected chi connectivity index (χ3v) is 2.80. The maximum absolute atomic E-state index is 11.6. The second kappa shape index (κ2) is 4.99. The van der Waals surface area contributed by atoms with E-state index in [9.17, 15) is 4.79 Å². The van der Waals surface area contributed by atoms with Crippen molar-refractivity contribution in [1.82, 2.24) is 14.8 Å². The van der Waals surface area contributed by atoms with E-state index >= 15 is 0 Å². The first-order valence-electron chi connectivity index (χ1n) is 5.94. The van der Waals surface area contributed by atoms with Crippen molar-refractivity contribution < 1.29 is 0 Å². The second-order valence-corrected chi connectivity index (χ2v) is 4.22. The van der Waals surface area contributed by atoms with E-state index in [4.69, 9.17) is 0 Å². The second-order valence-electron chi connectivity index (χ2n) is 4.22. The highest BCUT2D eigenvalue weighted by Gasteiger charge is 2.09. The standard InChI is InChI=1S/C13H17N3O/c1-3-4-9-16-12(14-15-13(16)17)11-7-5-10(2)6-8-11/h5-8H,3-4,9H2,1-2H3,(H,15,17). The minimum atomic E-state index is -0.131. The normalized spacial score (nSPS) is 10.7. The highest BCUT2D eigenvalue weighted by molar-refractivity contribution is 5.55. The van der Waals surface area contributed by atoms with Crippen LogP contribution in [0, 0.1) is 6.92 Å². The molecule has 0 aliphatic rings. The van der Waals surface area contributed by atoms with Crippen LogP contribution >= 0.6 is 0 Å². The van der Waals surface area contributed by atoms with Crippen molar-refractivity contribution in [2.24, 2.45) is 0 Å². The molecule has 0 amide bonds. The molecule has 0 aliphatic heterocycles. The molecular weight excluding hydrogens is 214 g/mol. The summed E-state index contributed by atoms with van der Waals surface area (Å²) in [6.45, 7) is 4.87. The Bertz CT molecular complexity index is 537. The Kier molecular flexibility index (Phi) is 3.42. The van der Waals surface area contributed by atoms with Crippen LogP contribution in [-0.4, -0.2) is 14.8 Å². The van der Waals surface area contributed by atoms with Crippen molar-refractivity contribution in [3.8, 4) is 11.4 Å². The summed E-state index contributed by atoms with van der Waals surface area (Å²) in [5, 5.41) is 6.61. The van der Waals surface area contributed by atoms with Crippen molar-refractivity contribution in [2.75, 3.05) is 0 Å². The lowest BCUT2D eigenvalue weighted by Gasteiger charge is -2.04. The lowest BCUT2D eigenvalue weighted by Crippen LogP contribution is -2.17. The maximum Gasteiger partial charge on any atom is 0.343 e. The number of benzene rings is 1. The first-order valence-corrected chi connectivity index (χ1v) is 5.94. The Hall–Kier alpha value is -1.84. The van der Waals surface area contributed by atoms with E-state index in [0.29, 0.717) is 0 Å². The third kappa shape index (κ3) is 2.46. The Morgan fingerprint density at radius 1 is 1.29 bits per heavy atom. The van der Waals surface area contributed by atoms with Crippen LogP contribution in [0.1, 0.15) is 25.3 Å². The molecule has 90 valence electrons. The van der Waals surface area contributed by atoms with Crippen LogP contribution in [0.2, 0.25) is 0 Å². The Labute approximate surface area is 100 Å². The molecule has 2 aromatic rings. The number of aryl methyl sites for hydroxylation is 1. The lowest BCUT2D eigenvalue weighted by atomic mass is 10.1. The van der Waals surface area contributed by atoms with Crippen LogP contribution in [0.4, 0.5) is 0 Å². The fourth-order valence-corrected chi connectivity index (χ4v) is 1.76. The van der Waals surface area contributed by atoms with Gasteiger partial charge in [-0.05, 0) is 13.3 Å². The number of rotatable bonds is 4. The summed E-state index contributed by atoms with van der Waals surface area (Å²) in [6.07, 6.45) is 2.04. The summed E-state index contributed by atoms with van der Waals surface area (Å²) in [5.74, 6) is 0.725. The van der Waals surface area contributed by atoms with Gasteiger partial charge in [-0.2, -0.15) is 5.10 Å². The van der Waals surface area contributed by atoms with Gasteiger partial charge in [0.25, 0.3) is 0 Å². The number of aromatic amines is 1. The minimum absolute atomic E-state index is 0.131. The Balaban J connectivity index is 2.38. The quantitative estimate of drug-likeness (QED) is 0.878. The fourth-order valence-electron chi connectivity index (χ4n) is 1.76. The number of hydrogen-bond acceptors (Lipinski definition) is 2. The highest BCUT2D eigenvalue weighted by atomic mass is 16.1. The number of aromatic nitrogens is 3. The minimum Gasteiger partial charge on any atom is -0.275 e. The molecule has 0 bridgehead atoms. The van der Waals surface area contributed by atoms with Crippen LogP contribution < -0.4 is 5.69 Å². The molecule has 0 saturated heterocycles. The van der Waals surface area contributed by atoms with Crippen LogP contribution in [-0.2, 0) is 6.54 Å². The summed E-state index contributed by atoms with van der Waals surface area (Å²) < 4.78 is 1.70. The number of nitrogens with one attached hydrogen (secondary N) is 1. The van der Waals surface area contributed by atoms with Gasteiger partial charge in [0.05, 0.1) is 0 Å². The molecule has 4 heteroatoms. The molecule has 1 heterocycles. The van der Waals surface area contributed by atoms with Gasteiger partial charge in [-0.1, -0.05) is 43.2 Å². The van der Waals surface area contributed by atoms with Gasteiger partial charge in [0.2, 0.25) is 0 Å². The van der Waals surface area contributed by atoms with E-state index in [1.54, 1.807) is 4.57 Å². The molecule has 1 N–H and O–H groups in total. The van der Waals surface area contributed by atoms with E-state index in [1.807, 2.05) is 31.2 Å². The zero-order chi connectivity index (χ0) is 12.3. The Morgan fingerprint density at radius 2 is 2.00 bits per heavy atom. The zero-order valence-electron chi connectivity index (χ0n) is 10.2. The molecule has 4 nitrogen and oxygen atoms in total. The summed E-state index contributed by atoms with van der Waals surface area (Å²) in [4.78, 5) is 11.6. The molecule has 17 heavy (non-hydrogen) atoms. The van der Waals surface area contributed by atoms with Crippen LogP contribution in [0.25, 0.3) is 11.4 Å². The summed E-state index contributed by atoms with van der Waals surface area (Å²) >= 11 is 0. The van der Waals surface area contributed by atoms with Crippen molar-refractivity contribution in [3.05, 3.63) is 40.3 Å². The zero-order valence-corrected chi connectivity index (χ0v) is 10.2. The van der Waals surface area contributed by atoms with Gasteiger partial charge in [0.1, 0.15) is 0 Å². The fraction of sp³-hybridized carbons (Fsp3) is 0.385. The molecule has 1 aromatic heterocycles. The largest absolute Gasteiger partial charge is 0.343 e. The van der Waals surface area contributed by atoms with Crippen LogP contribution in [0.3, 0.4) is 0 Å². The number of H-pyrrole nitrogens is 1. The molecule has 0 atom stereocenters. The number of nitrogens with zero attached hydrogens (tertiary/aromatic N) is 2. The van der Waals surface area contributed by atoms with Crippen LogP contribution in [0.5, 0.6) is 0 Å². The molecule has 0 radical (unpaired) electrons. The SMILES string of the molecule is CCCCn1c(-c2ccc(C)cc2)n[nH]c1=O. The molecule has 1 aromatic carbocycles. The molecule has 0 saturated carbocycles. The average molecular weight is 231 g/mol. The number of unbranched alkanes of at least 4 members (excludes halogenated alkanes) is 1. The topological polar surface area (TPSA) is 50.7 Å². The monoisotopic (exact) mass is 231 g/mol. The van der Waals surface area contributed by atoms with Gasteiger partial charge in [-0.15, -0.1) is 0 Å². The van der Waals surface area contributed by atoms with Crippen molar-refractivity contribution in [2.45, 2.75) is 33.2 Å². The molecule has 0 spiro atoms. The van der Waals surface area contributed by atoms with Gasteiger partial charge in [-0.3, -0.25) is 4.57 Å². The van der Waals surface area contributed by atoms with E-state index in [1.165, 1.54) is 5.56 Å². The summed E-state index contributed by atoms with van der Waals surface area (Å²) in [5.41, 5.74) is 2.05. The van der Waals surface area contributed by atoms with E-state index in [0.717, 1.165) is 30.8 Å². The molecule has 0 aliphatic carbocycles. The first kappa shape index (κ1) is 11.6. The van der Waals surface area contributed by atoms with E-state index in [-0.39, 0.29) is 5.69 Å². The smallest absolute Gasteiger partial charge is 0.275 e. The predicted molar refractivity (Wildman–Crippen MR) is 67.9 cm³/mol. The van der Waals surface area contributed by atoms with Gasteiger partial charge >= 0.3 is 5.69 Å². The molecular formula is C13H17N3O. The van der Waals surface area contributed by atoms with Crippen molar-refractivity contribution >= 4 is 0 Å². The lowest BCUT2D eigenvalue weighted by molar-refractivity contribution is 0.619. The Morgan fingerprint density at radius 3 is 2.65 bits per heavy atom. The van der Waals surface area contributed by atoms with Crippen molar-refractivity contribution in [3.63, 3.8) is 0 Å². The van der Waals surface area contributed by atoms with E-state index < -0.39 is 0 Å². The van der Waals surface area contributed by atoms with Gasteiger partial charge < -0.3 is 0 Å². The average Bonchev–Trinajstić information content (AvgIpc) is 2.69. The molecule has 2 rings (SSSR count). The summed E-state index contributed by atoms with van der Waals surface area (Å²) in [6, 6.07) is 8.04. The van der Waals surface area contributed by atoms with E-state index in [2.05, 4.69) is 17.1 Å². The van der Waals surface area contributed by atoms with Crippen molar-refractivity contribution in [1.29, 1.82) is 0 Å². The number of hydrogen-bond donors (Lipinski definition) is 1. The highest BCUT2D eigenvalue weighted by Crippen LogP contribution is 2.16. The predicted octanol–water partition coefficient (Wildman–Crippen LogP) is 2.35. The summed E-state index contributed by atoms with van der Waals surface area (Å²) in [7, 11) is 0. The molecule has 0 fully saturated rings. The van der Waals surface area contributed by atoms with Crippen LogP contribution in [0.15, 0.2) is 29.1 Å². The van der Waals surface area contributed by atoms with Gasteiger partial charge in [0, 0.05) is 12.1 Å². The first-order chi connectivity index (χ1) is 8.22. The molecule has 0 unspecified atom stereocenters. The maximum atomic E-state index is 11.6. The van der Waals surface area contributed by atoms with Gasteiger partial charge in [0.15, 0.2) is 5.82 Å².